The number of benzene rings is 1. The van der Waals surface area contributed by atoms with E-state index >= 15 is 0 Å². The van der Waals surface area contributed by atoms with Crippen LogP contribution in [0.3, 0.4) is 0 Å². The first kappa shape index (κ1) is 14.2. The van der Waals surface area contributed by atoms with Gasteiger partial charge in [-0.1, -0.05) is 47.1 Å². The molecule has 1 aromatic carbocycles. The van der Waals surface area contributed by atoms with Gasteiger partial charge in [-0.2, -0.15) is 0 Å². The molecule has 1 aromatic rings. The second-order valence-electron chi connectivity index (χ2n) is 4.11. The van der Waals surface area contributed by atoms with Gasteiger partial charge < -0.3 is 0 Å². The van der Waals surface area contributed by atoms with Gasteiger partial charge in [-0.15, -0.1) is 0 Å². The summed E-state index contributed by atoms with van der Waals surface area (Å²) in [4.78, 5) is 11.7. The van der Waals surface area contributed by atoms with Crippen LogP contribution >= 0.6 is 15.9 Å². The summed E-state index contributed by atoms with van der Waals surface area (Å²) in [5.41, 5.74) is 1.10. The number of ketones is 1. The van der Waals surface area contributed by atoms with Crippen molar-refractivity contribution < 1.29 is 4.79 Å². The third kappa shape index (κ3) is 6.42. The van der Waals surface area contributed by atoms with Crippen LogP contribution < -0.4 is 0 Å². The highest BCUT2D eigenvalue weighted by atomic mass is 79.9. The van der Waals surface area contributed by atoms with Crippen molar-refractivity contribution in [1.82, 2.24) is 0 Å². The number of unbranched alkanes of at least 4 members (excludes halogenated alkanes) is 1. The number of allylic oxidation sites excluding steroid dienone is 2. The van der Waals surface area contributed by atoms with E-state index in [4.69, 9.17) is 0 Å². The summed E-state index contributed by atoms with van der Waals surface area (Å²) >= 11 is 3.39. The minimum atomic E-state index is 0.331. The molecule has 2 heteroatoms. The molecule has 0 saturated heterocycles. The predicted molar refractivity (Wildman–Crippen MR) is 76.1 cm³/mol. The molecule has 1 nitrogen and oxygen atoms in total. The van der Waals surface area contributed by atoms with E-state index in [1.165, 1.54) is 0 Å². The fraction of sp³-hybridized carbons (Fsp3) is 0.400. The minimum absolute atomic E-state index is 0.331. The maximum absolute atomic E-state index is 11.7. The SMILES string of the molecule is CC/C=C\CCCC(=O)Cc1ccc(Br)cc1. The second kappa shape index (κ2) is 8.24. The van der Waals surface area contributed by atoms with E-state index in [1.54, 1.807) is 0 Å². The predicted octanol–water partition coefficient (Wildman–Crippen LogP) is 4.70. The minimum Gasteiger partial charge on any atom is -0.299 e. The van der Waals surface area contributed by atoms with Crippen LogP contribution in [0.25, 0.3) is 0 Å². The molecule has 1 rings (SSSR count). The summed E-state index contributed by atoms with van der Waals surface area (Å²) in [7, 11) is 0. The third-order valence-corrected chi connectivity index (χ3v) is 3.07. The molecular weight excluding hydrogens is 276 g/mol. The molecule has 0 aliphatic heterocycles. The van der Waals surface area contributed by atoms with E-state index in [9.17, 15) is 4.79 Å². The van der Waals surface area contributed by atoms with E-state index in [1.807, 2.05) is 24.3 Å². The largest absolute Gasteiger partial charge is 0.299 e. The van der Waals surface area contributed by atoms with Crippen LogP contribution in [-0.4, -0.2) is 5.78 Å². The van der Waals surface area contributed by atoms with Gasteiger partial charge in [0.1, 0.15) is 5.78 Å². The number of hydrogen-bond acceptors (Lipinski definition) is 1. The Balaban J connectivity index is 2.25. The molecule has 0 spiro atoms. The van der Waals surface area contributed by atoms with Crippen molar-refractivity contribution in [1.29, 1.82) is 0 Å². The Kier molecular flexibility index (Phi) is 6.87. The van der Waals surface area contributed by atoms with E-state index in [2.05, 4.69) is 35.0 Å². The molecule has 0 N–H and O–H groups in total. The van der Waals surface area contributed by atoms with E-state index < -0.39 is 0 Å². The van der Waals surface area contributed by atoms with Crippen LogP contribution in [0.4, 0.5) is 0 Å². The number of carbonyl (C=O) groups is 1. The molecule has 0 aliphatic carbocycles. The maximum atomic E-state index is 11.7. The quantitative estimate of drug-likeness (QED) is 0.526. The monoisotopic (exact) mass is 294 g/mol. The Morgan fingerprint density at radius 1 is 1.24 bits per heavy atom. The van der Waals surface area contributed by atoms with Crippen molar-refractivity contribution in [2.24, 2.45) is 0 Å². The van der Waals surface area contributed by atoms with Crippen LogP contribution in [-0.2, 0) is 11.2 Å². The average molecular weight is 295 g/mol. The molecule has 0 unspecified atom stereocenters. The Bertz CT molecular complexity index is 365. The molecule has 0 atom stereocenters. The zero-order chi connectivity index (χ0) is 12.5. The zero-order valence-electron chi connectivity index (χ0n) is 10.3. The number of rotatable bonds is 7. The van der Waals surface area contributed by atoms with E-state index in [0.717, 1.165) is 29.3 Å². The first-order chi connectivity index (χ1) is 8.22. The highest BCUT2D eigenvalue weighted by Crippen LogP contribution is 2.12. The molecular formula is C15H19BrO. The highest BCUT2D eigenvalue weighted by Gasteiger charge is 2.02. The molecule has 0 heterocycles. The summed E-state index contributed by atoms with van der Waals surface area (Å²) in [6, 6.07) is 7.96. The second-order valence-corrected chi connectivity index (χ2v) is 5.03. The van der Waals surface area contributed by atoms with E-state index in [-0.39, 0.29) is 0 Å². The summed E-state index contributed by atoms with van der Waals surface area (Å²) in [6.07, 6.45) is 8.61. The zero-order valence-corrected chi connectivity index (χ0v) is 11.9. The van der Waals surface area contributed by atoms with Crippen LogP contribution in [0, 0.1) is 0 Å². The molecule has 17 heavy (non-hydrogen) atoms. The van der Waals surface area contributed by atoms with Gasteiger partial charge in [0.15, 0.2) is 0 Å². The maximum Gasteiger partial charge on any atom is 0.137 e. The van der Waals surface area contributed by atoms with Crippen molar-refractivity contribution in [2.75, 3.05) is 0 Å². The Morgan fingerprint density at radius 3 is 2.59 bits per heavy atom. The van der Waals surface area contributed by atoms with Gasteiger partial charge in [-0.3, -0.25) is 4.79 Å². The van der Waals surface area contributed by atoms with Gasteiger partial charge >= 0.3 is 0 Å². The highest BCUT2D eigenvalue weighted by molar-refractivity contribution is 9.10. The Hall–Kier alpha value is -0.890. The van der Waals surface area contributed by atoms with Crippen molar-refractivity contribution in [3.8, 4) is 0 Å². The number of halogens is 1. The molecule has 92 valence electrons. The summed E-state index contributed by atoms with van der Waals surface area (Å²) in [6.45, 7) is 2.12. The lowest BCUT2D eigenvalue weighted by atomic mass is 10.0. The van der Waals surface area contributed by atoms with Gasteiger partial charge in [0, 0.05) is 17.3 Å². The molecule has 0 amide bonds. The van der Waals surface area contributed by atoms with Crippen LogP contribution in [0.15, 0.2) is 40.9 Å². The lowest BCUT2D eigenvalue weighted by molar-refractivity contribution is -0.118. The topological polar surface area (TPSA) is 17.1 Å². The molecule has 0 radical (unpaired) electrons. The van der Waals surface area contributed by atoms with Gasteiger partial charge in [-0.05, 0) is 37.0 Å². The molecule has 0 bridgehead atoms. The first-order valence-electron chi connectivity index (χ1n) is 6.13. The third-order valence-electron chi connectivity index (χ3n) is 2.54. The fourth-order valence-corrected chi connectivity index (χ4v) is 1.88. The average Bonchev–Trinajstić information content (AvgIpc) is 2.32. The van der Waals surface area contributed by atoms with E-state index in [0.29, 0.717) is 18.6 Å². The molecule has 0 saturated carbocycles. The number of carbonyl (C=O) groups excluding carboxylic acids is 1. The van der Waals surface area contributed by atoms with Crippen LogP contribution in [0.1, 0.15) is 38.2 Å². The van der Waals surface area contributed by atoms with Gasteiger partial charge in [0.05, 0.1) is 0 Å². The van der Waals surface area contributed by atoms with Crippen LogP contribution in [0.2, 0.25) is 0 Å². The van der Waals surface area contributed by atoms with Crippen LogP contribution in [0.5, 0.6) is 0 Å². The van der Waals surface area contributed by atoms with Gasteiger partial charge in [-0.25, -0.2) is 0 Å². The summed E-state index contributed by atoms with van der Waals surface area (Å²) in [5, 5.41) is 0. The van der Waals surface area contributed by atoms with Gasteiger partial charge in [0.2, 0.25) is 0 Å². The van der Waals surface area contributed by atoms with Crippen molar-refractivity contribution in [3.63, 3.8) is 0 Å². The first-order valence-corrected chi connectivity index (χ1v) is 6.93. The Labute approximate surface area is 112 Å². The fourth-order valence-electron chi connectivity index (χ4n) is 1.62. The summed E-state index contributed by atoms with van der Waals surface area (Å²) < 4.78 is 1.05. The lowest BCUT2D eigenvalue weighted by Crippen LogP contribution is -2.01. The van der Waals surface area contributed by atoms with Gasteiger partial charge in [0.25, 0.3) is 0 Å². The normalized spacial score (nSPS) is 10.9. The van der Waals surface area contributed by atoms with Crippen molar-refractivity contribution >= 4 is 21.7 Å². The molecule has 0 aromatic heterocycles. The standard InChI is InChI=1S/C15H19BrO/c1-2-3-4-5-6-7-15(17)12-13-8-10-14(16)11-9-13/h3-4,8-11H,2,5-7,12H2,1H3/b4-3-. The molecule has 0 fully saturated rings. The number of hydrogen-bond donors (Lipinski definition) is 0. The number of Topliss-reactive ketones (excluding diaryl/α,β-unsaturated/α-hetero) is 1. The van der Waals surface area contributed by atoms with Crippen molar-refractivity contribution in [2.45, 2.75) is 39.0 Å². The van der Waals surface area contributed by atoms with Crippen molar-refractivity contribution in [3.05, 3.63) is 46.5 Å². The summed E-state index contributed by atoms with van der Waals surface area (Å²) in [5.74, 6) is 0.331. The Morgan fingerprint density at radius 2 is 1.94 bits per heavy atom. The smallest absolute Gasteiger partial charge is 0.137 e. The molecule has 0 aliphatic rings. The lowest BCUT2D eigenvalue weighted by Gasteiger charge is -2.00.